The van der Waals surface area contributed by atoms with Gasteiger partial charge >= 0.3 is 5.97 Å². The van der Waals surface area contributed by atoms with Crippen molar-refractivity contribution in [1.29, 1.82) is 0 Å². The molecule has 3 nitrogen and oxygen atoms in total. The smallest absolute Gasteiger partial charge is 0.322 e. The molecule has 1 rings (SSSR count). The third-order valence-corrected chi connectivity index (χ3v) is 1.92. The normalized spacial score (nSPS) is 20.1. The van der Waals surface area contributed by atoms with Crippen LogP contribution in [0, 0.1) is 0 Å². The molecule has 1 aliphatic heterocycles. The molecule has 0 N–H and O–H groups in total. The van der Waals surface area contributed by atoms with Crippen LogP contribution in [0.1, 0.15) is 6.92 Å². The number of hydroxylamine groups is 2. The fourth-order valence-electron chi connectivity index (χ4n) is 0.651. The van der Waals surface area contributed by atoms with E-state index in [0.717, 1.165) is 18.2 Å². The molecule has 4 heteroatoms. The van der Waals surface area contributed by atoms with Gasteiger partial charge in [0, 0.05) is 19.2 Å². The topological polar surface area (TPSA) is 29.5 Å². The van der Waals surface area contributed by atoms with Crippen LogP contribution in [0.3, 0.4) is 0 Å². The van der Waals surface area contributed by atoms with Gasteiger partial charge in [0.05, 0.1) is 5.88 Å². The summed E-state index contributed by atoms with van der Waals surface area (Å²) in [6.07, 6.45) is 0. The van der Waals surface area contributed by atoms with Gasteiger partial charge in [-0.05, 0) is 0 Å². The molecule has 0 spiro atoms. The largest absolute Gasteiger partial charge is 0.367 e. The summed E-state index contributed by atoms with van der Waals surface area (Å²) in [5, 5.41) is 1.67. The maximum absolute atomic E-state index is 10.3. The fourth-order valence-corrected chi connectivity index (χ4v) is 1.50. The molecule has 1 saturated heterocycles. The molecule has 0 saturated carbocycles. The highest BCUT2D eigenvalue weighted by Gasteiger charge is 2.13. The molecule has 0 bridgehead atoms. The van der Waals surface area contributed by atoms with E-state index >= 15 is 0 Å². The molecule has 1 heterocycles. The molecule has 0 unspecified atom stereocenters. The molecular formula is C5H9NO2S. The summed E-state index contributed by atoms with van der Waals surface area (Å²) >= 11 is 1.77. The average Bonchev–Trinajstić information content (AvgIpc) is 2.15. The van der Waals surface area contributed by atoms with E-state index in [1.807, 2.05) is 0 Å². The van der Waals surface area contributed by atoms with Crippen molar-refractivity contribution in [2.24, 2.45) is 0 Å². The Morgan fingerprint density at radius 2 is 2.56 bits per heavy atom. The van der Waals surface area contributed by atoms with Crippen molar-refractivity contribution < 1.29 is 9.63 Å². The van der Waals surface area contributed by atoms with Crippen molar-refractivity contribution in [3.05, 3.63) is 0 Å². The monoisotopic (exact) mass is 147 g/mol. The molecule has 52 valence electrons. The first-order valence-corrected chi connectivity index (χ1v) is 3.96. The first-order chi connectivity index (χ1) is 4.29. The Balaban J connectivity index is 2.19. The van der Waals surface area contributed by atoms with E-state index < -0.39 is 0 Å². The molecule has 0 amide bonds. The van der Waals surface area contributed by atoms with Gasteiger partial charge in [-0.15, -0.1) is 16.8 Å². The number of carbonyl (C=O) groups is 1. The molecule has 0 aromatic heterocycles. The lowest BCUT2D eigenvalue weighted by molar-refractivity contribution is -0.180. The van der Waals surface area contributed by atoms with Gasteiger partial charge < -0.3 is 4.84 Å². The van der Waals surface area contributed by atoms with Crippen molar-refractivity contribution in [3.8, 4) is 0 Å². The molecule has 1 fully saturated rings. The standard InChI is InChI=1S/C5H9NO2S/c1-5(7)8-6-2-3-9-4-6/h2-4H2,1H3. The van der Waals surface area contributed by atoms with Crippen LogP contribution in [-0.4, -0.2) is 29.2 Å². The minimum atomic E-state index is -0.225. The van der Waals surface area contributed by atoms with E-state index in [2.05, 4.69) is 0 Å². The lowest BCUT2D eigenvalue weighted by atomic mass is 10.7. The number of hydrogen-bond donors (Lipinski definition) is 0. The quantitative estimate of drug-likeness (QED) is 0.539. The predicted octanol–water partition coefficient (Wildman–Crippen LogP) is 0.471. The second kappa shape index (κ2) is 3.08. The Labute approximate surface area is 58.3 Å². The molecule has 1 aliphatic rings. The summed E-state index contributed by atoms with van der Waals surface area (Å²) in [5.41, 5.74) is 0. The van der Waals surface area contributed by atoms with Crippen LogP contribution < -0.4 is 0 Å². The summed E-state index contributed by atoms with van der Waals surface area (Å²) in [4.78, 5) is 15.1. The Hall–Kier alpha value is -0.220. The Morgan fingerprint density at radius 1 is 1.78 bits per heavy atom. The highest BCUT2D eigenvalue weighted by molar-refractivity contribution is 7.99. The maximum atomic E-state index is 10.3. The van der Waals surface area contributed by atoms with Gasteiger partial charge in [0.1, 0.15) is 0 Å². The Morgan fingerprint density at radius 3 is 3.00 bits per heavy atom. The molecule has 9 heavy (non-hydrogen) atoms. The van der Waals surface area contributed by atoms with Crippen LogP contribution in [-0.2, 0) is 9.63 Å². The highest BCUT2D eigenvalue weighted by Crippen LogP contribution is 2.12. The number of carbonyl (C=O) groups excluding carboxylic acids is 1. The SMILES string of the molecule is CC(=O)ON1CCSC1. The lowest BCUT2D eigenvalue weighted by Gasteiger charge is -2.10. The first-order valence-electron chi connectivity index (χ1n) is 2.80. The fraction of sp³-hybridized carbons (Fsp3) is 0.800. The van der Waals surface area contributed by atoms with Gasteiger partial charge in [-0.3, -0.25) is 4.79 Å². The summed E-state index contributed by atoms with van der Waals surface area (Å²) < 4.78 is 0. The van der Waals surface area contributed by atoms with Gasteiger partial charge in [0.15, 0.2) is 0 Å². The van der Waals surface area contributed by atoms with Crippen LogP contribution in [0.2, 0.25) is 0 Å². The first kappa shape index (κ1) is 6.89. The number of rotatable bonds is 1. The third-order valence-electron chi connectivity index (χ3n) is 0.978. The third kappa shape index (κ3) is 2.24. The summed E-state index contributed by atoms with van der Waals surface area (Å²) in [7, 11) is 0. The molecule has 0 aromatic carbocycles. The van der Waals surface area contributed by atoms with Crippen LogP contribution in [0.15, 0.2) is 0 Å². The van der Waals surface area contributed by atoms with Gasteiger partial charge in [0.25, 0.3) is 0 Å². The van der Waals surface area contributed by atoms with Crippen molar-refractivity contribution in [2.45, 2.75) is 6.92 Å². The number of hydrogen-bond acceptors (Lipinski definition) is 4. The Bertz CT molecular complexity index is 112. The van der Waals surface area contributed by atoms with E-state index in [-0.39, 0.29) is 5.97 Å². The second-order valence-corrected chi connectivity index (χ2v) is 2.90. The van der Waals surface area contributed by atoms with E-state index in [1.165, 1.54) is 6.92 Å². The summed E-state index contributed by atoms with van der Waals surface area (Å²) in [6, 6.07) is 0. The van der Waals surface area contributed by atoms with Crippen molar-refractivity contribution >= 4 is 17.7 Å². The van der Waals surface area contributed by atoms with E-state index in [0.29, 0.717) is 0 Å². The van der Waals surface area contributed by atoms with Crippen LogP contribution >= 0.6 is 11.8 Å². The second-order valence-electron chi connectivity index (χ2n) is 1.83. The van der Waals surface area contributed by atoms with Gasteiger partial charge in [0.2, 0.25) is 0 Å². The van der Waals surface area contributed by atoms with Crippen LogP contribution in [0.5, 0.6) is 0 Å². The van der Waals surface area contributed by atoms with E-state index in [9.17, 15) is 4.79 Å². The minimum Gasteiger partial charge on any atom is -0.367 e. The number of thioether (sulfide) groups is 1. The summed E-state index contributed by atoms with van der Waals surface area (Å²) in [6.45, 7) is 2.28. The van der Waals surface area contributed by atoms with Gasteiger partial charge in [-0.25, -0.2) is 0 Å². The molecule has 0 atom stereocenters. The zero-order valence-electron chi connectivity index (χ0n) is 5.29. The Kier molecular flexibility index (Phi) is 2.36. The lowest BCUT2D eigenvalue weighted by Crippen LogP contribution is -2.22. The molecule has 0 radical (unpaired) electrons. The van der Waals surface area contributed by atoms with Crippen molar-refractivity contribution in [2.75, 3.05) is 18.2 Å². The van der Waals surface area contributed by atoms with Gasteiger partial charge in [-0.1, -0.05) is 0 Å². The zero-order valence-corrected chi connectivity index (χ0v) is 6.11. The number of nitrogens with zero attached hydrogens (tertiary/aromatic N) is 1. The minimum absolute atomic E-state index is 0.225. The molecular weight excluding hydrogens is 138 g/mol. The van der Waals surface area contributed by atoms with Crippen LogP contribution in [0.25, 0.3) is 0 Å². The zero-order chi connectivity index (χ0) is 6.69. The highest BCUT2D eigenvalue weighted by atomic mass is 32.2. The van der Waals surface area contributed by atoms with Crippen LogP contribution in [0.4, 0.5) is 0 Å². The molecule has 0 aliphatic carbocycles. The maximum Gasteiger partial charge on any atom is 0.322 e. The molecule has 0 aromatic rings. The van der Waals surface area contributed by atoms with Crippen molar-refractivity contribution in [1.82, 2.24) is 5.06 Å². The van der Waals surface area contributed by atoms with E-state index in [4.69, 9.17) is 4.84 Å². The van der Waals surface area contributed by atoms with E-state index in [1.54, 1.807) is 16.8 Å². The average molecular weight is 147 g/mol. The van der Waals surface area contributed by atoms with Gasteiger partial charge in [-0.2, -0.15) is 0 Å². The predicted molar refractivity (Wildman–Crippen MR) is 35.8 cm³/mol. The van der Waals surface area contributed by atoms with Crippen molar-refractivity contribution in [3.63, 3.8) is 0 Å². The summed E-state index contributed by atoms with van der Waals surface area (Å²) in [5.74, 6) is 1.66.